The molecule has 3 fully saturated rings. The summed E-state index contributed by atoms with van der Waals surface area (Å²) in [6.07, 6.45) is 10.9. The number of benzene rings is 2. The van der Waals surface area contributed by atoms with Gasteiger partial charge in [0.25, 0.3) is 0 Å². The van der Waals surface area contributed by atoms with Crippen LogP contribution in [0.2, 0.25) is 0 Å². The lowest BCUT2D eigenvalue weighted by Gasteiger charge is -2.34. The number of nitrogens with two attached hydrogens (primary N) is 1. The van der Waals surface area contributed by atoms with Crippen LogP contribution in [0.15, 0.2) is 73.1 Å². The van der Waals surface area contributed by atoms with Crippen molar-refractivity contribution in [1.29, 1.82) is 5.41 Å². The van der Waals surface area contributed by atoms with Crippen LogP contribution >= 0.6 is 0 Å². The molecule has 0 spiro atoms. The molecule has 1 aliphatic carbocycles. The summed E-state index contributed by atoms with van der Waals surface area (Å²) in [5.74, 6) is 2.73. The van der Waals surface area contributed by atoms with Crippen LogP contribution in [0.4, 0.5) is 11.6 Å². The van der Waals surface area contributed by atoms with Crippen LogP contribution in [-0.4, -0.2) is 69.6 Å². The number of hydrogen-bond donors (Lipinski definition) is 3. The molecule has 212 valence electrons. The van der Waals surface area contributed by atoms with Crippen molar-refractivity contribution in [3.8, 4) is 11.5 Å². The Morgan fingerprint density at radius 1 is 1.02 bits per heavy atom. The van der Waals surface area contributed by atoms with E-state index < -0.39 is 0 Å². The average Bonchev–Trinajstić information content (AvgIpc) is 3.60. The number of carbonyl (C=O) groups is 1. The van der Waals surface area contributed by atoms with Gasteiger partial charge in [-0.15, -0.1) is 0 Å². The maximum Gasteiger partial charge on any atom is 0.246 e. The van der Waals surface area contributed by atoms with Gasteiger partial charge in [0, 0.05) is 30.8 Å². The molecule has 2 aliphatic heterocycles. The number of nitrogens with zero attached hydrogens (tertiary/aromatic N) is 4. The predicted octanol–water partition coefficient (Wildman–Crippen LogP) is 4.71. The number of aromatic nitrogens is 2. The zero-order valence-corrected chi connectivity index (χ0v) is 23.2. The number of likely N-dealkylation sites (tertiary alicyclic amines) is 2. The normalized spacial score (nSPS) is 22.2. The summed E-state index contributed by atoms with van der Waals surface area (Å²) in [6.45, 7) is 3.86. The zero-order chi connectivity index (χ0) is 28.2. The Hall–Kier alpha value is -4.24. The van der Waals surface area contributed by atoms with Gasteiger partial charge < -0.3 is 20.7 Å². The SMILES string of the molecule is N=C(c1ccc(Oc2ccccc2)cc1)c1c(N)ncnc1NC1CC2CC1N(C(=O)/C=C/CN1CCCCC1)C2. The first-order valence-electron chi connectivity index (χ1n) is 14.5. The number of hydrogen-bond acceptors (Lipinski definition) is 8. The molecule has 2 bridgehead atoms. The van der Waals surface area contributed by atoms with Gasteiger partial charge in [0.1, 0.15) is 29.5 Å². The molecule has 3 aliphatic rings. The largest absolute Gasteiger partial charge is 0.457 e. The van der Waals surface area contributed by atoms with Crippen molar-refractivity contribution in [2.75, 3.05) is 37.2 Å². The second-order valence-corrected chi connectivity index (χ2v) is 11.2. The van der Waals surface area contributed by atoms with Gasteiger partial charge >= 0.3 is 0 Å². The summed E-state index contributed by atoms with van der Waals surface area (Å²) < 4.78 is 5.90. The molecule has 4 N–H and O–H groups in total. The third-order valence-corrected chi connectivity index (χ3v) is 8.41. The highest BCUT2D eigenvalue weighted by atomic mass is 16.5. The molecule has 2 aromatic carbocycles. The standard InChI is InChI=1S/C32H37N7O2/c33-30(23-11-13-25(14-12-23)41-24-8-3-1-4-9-24)29-31(34)35-21-36-32(29)37-26-18-22-19-27(26)39(20-22)28(40)10-7-17-38-15-5-2-6-16-38/h1,3-4,7-14,21-22,26-27,33H,2,5-6,15-20H2,(H3,34,35,36,37)/b10-7+,33-30?. The smallest absolute Gasteiger partial charge is 0.246 e. The fraction of sp³-hybridized carbons (Fsp3) is 0.375. The van der Waals surface area contributed by atoms with Gasteiger partial charge in [0.05, 0.1) is 17.3 Å². The second kappa shape index (κ2) is 12.1. The highest BCUT2D eigenvalue weighted by Gasteiger charge is 2.46. The predicted molar refractivity (Wildman–Crippen MR) is 160 cm³/mol. The Balaban J connectivity index is 1.13. The van der Waals surface area contributed by atoms with Gasteiger partial charge in [-0.3, -0.25) is 15.1 Å². The Morgan fingerprint density at radius 3 is 2.54 bits per heavy atom. The second-order valence-electron chi connectivity index (χ2n) is 11.2. The molecule has 9 nitrogen and oxygen atoms in total. The van der Waals surface area contributed by atoms with Gasteiger partial charge in [-0.1, -0.05) is 30.7 Å². The third-order valence-electron chi connectivity index (χ3n) is 8.41. The van der Waals surface area contributed by atoms with Crippen LogP contribution < -0.4 is 15.8 Å². The number of rotatable bonds is 9. The Bertz CT molecular complexity index is 1400. The molecule has 2 saturated heterocycles. The van der Waals surface area contributed by atoms with E-state index in [1.54, 1.807) is 6.08 Å². The van der Waals surface area contributed by atoms with E-state index in [1.165, 1.54) is 25.6 Å². The first kappa shape index (κ1) is 27.0. The quantitative estimate of drug-likeness (QED) is 0.260. The number of carbonyl (C=O) groups excluding carboxylic acids is 1. The summed E-state index contributed by atoms with van der Waals surface area (Å²) in [4.78, 5) is 26.2. The fourth-order valence-corrected chi connectivity index (χ4v) is 6.36. The maximum atomic E-state index is 13.1. The highest BCUT2D eigenvalue weighted by Crippen LogP contribution is 2.40. The number of piperidine rings is 2. The van der Waals surface area contributed by atoms with E-state index in [1.807, 2.05) is 65.6 Å². The van der Waals surface area contributed by atoms with Crippen molar-refractivity contribution in [1.82, 2.24) is 19.8 Å². The van der Waals surface area contributed by atoms with Gasteiger partial charge in [0.15, 0.2) is 0 Å². The van der Waals surface area contributed by atoms with Gasteiger partial charge in [-0.2, -0.15) is 0 Å². The van der Waals surface area contributed by atoms with Gasteiger partial charge in [-0.05, 0) is 81.1 Å². The van der Waals surface area contributed by atoms with Crippen molar-refractivity contribution in [2.45, 2.75) is 44.2 Å². The molecule has 6 rings (SSSR count). The maximum absolute atomic E-state index is 13.1. The Labute approximate surface area is 240 Å². The summed E-state index contributed by atoms with van der Waals surface area (Å²) in [7, 11) is 0. The number of nitrogen functional groups attached to an aromatic ring is 1. The zero-order valence-electron chi connectivity index (χ0n) is 23.2. The molecule has 3 atom stereocenters. The minimum absolute atomic E-state index is 0.0377. The van der Waals surface area contributed by atoms with Crippen LogP contribution in [0, 0.1) is 11.3 Å². The molecule has 1 aromatic heterocycles. The fourth-order valence-electron chi connectivity index (χ4n) is 6.36. The molecule has 1 saturated carbocycles. The lowest BCUT2D eigenvalue weighted by atomic mass is 10.0. The number of nitrogens with one attached hydrogen (secondary N) is 2. The van der Waals surface area contributed by atoms with Gasteiger partial charge in [-0.25, -0.2) is 9.97 Å². The van der Waals surface area contributed by atoms with E-state index in [-0.39, 0.29) is 29.5 Å². The Morgan fingerprint density at radius 2 is 1.78 bits per heavy atom. The topological polar surface area (TPSA) is 120 Å². The molecule has 1 amide bonds. The summed E-state index contributed by atoms with van der Waals surface area (Å²) in [5, 5.41) is 12.5. The van der Waals surface area contributed by atoms with E-state index in [2.05, 4.69) is 20.2 Å². The third kappa shape index (κ3) is 6.10. The number of anilines is 2. The average molecular weight is 552 g/mol. The summed E-state index contributed by atoms with van der Waals surface area (Å²) in [5.41, 5.74) is 7.67. The van der Waals surface area contributed by atoms with Crippen molar-refractivity contribution in [3.05, 3.63) is 84.2 Å². The van der Waals surface area contributed by atoms with Crippen LogP contribution in [0.1, 0.15) is 43.2 Å². The highest BCUT2D eigenvalue weighted by molar-refractivity contribution is 6.16. The molecular formula is C32H37N7O2. The number of amides is 1. The minimum atomic E-state index is 0.0377. The lowest BCUT2D eigenvalue weighted by molar-refractivity contribution is -0.127. The molecule has 3 unspecified atom stereocenters. The van der Waals surface area contributed by atoms with E-state index in [4.69, 9.17) is 15.9 Å². The molecule has 3 aromatic rings. The monoisotopic (exact) mass is 551 g/mol. The van der Waals surface area contributed by atoms with E-state index in [0.29, 0.717) is 28.6 Å². The molecular weight excluding hydrogens is 514 g/mol. The molecule has 0 radical (unpaired) electrons. The Kier molecular flexibility index (Phi) is 7.95. The first-order valence-corrected chi connectivity index (χ1v) is 14.5. The minimum Gasteiger partial charge on any atom is -0.457 e. The number of ether oxygens (including phenoxy) is 1. The molecule has 9 heteroatoms. The van der Waals surface area contributed by atoms with E-state index in [9.17, 15) is 4.79 Å². The molecule has 41 heavy (non-hydrogen) atoms. The lowest BCUT2D eigenvalue weighted by Crippen LogP contribution is -2.47. The van der Waals surface area contributed by atoms with Crippen LogP contribution in [0.3, 0.4) is 0 Å². The van der Waals surface area contributed by atoms with Crippen molar-refractivity contribution < 1.29 is 9.53 Å². The van der Waals surface area contributed by atoms with Crippen LogP contribution in [0.5, 0.6) is 11.5 Å². The van der Waals surface area contributed by atoms with Crippen molar-refractivity contribution >= 4 is 23.3 Å². The van der Waals surface area contributed by atoms with Crippen molar-refractivity contribution in [3.63, 3.8) is 0 Å². The number of para-hydroxylation sites is 1. The first-order chi connectivity index (χ1) is 20.0. The summed E-state index contributed by atoms with van der Waals surface area (Å²) in [6, 6.07) is 17.0. The van der Waals surface area contributed by atoms with Crippen LogP contribution in [-0.2, 0) is 4.79 Å². The summed E-state index contributed by atoms with van der Waals surface area (Å²) >= 11 is 0. The van der Waals surface area contributed by atoms with Crippen molar-refractivity contribution in [2.24, 2.45) is 5.92 Å². The van der Waals surface area contributed by atoms with Gasteiger partial charge in [0.2, 0.25) is 5.91 Å². The van der Waals surface area contributed by atoms with Crippen LogP contribution in [0.25, 0.3) is 0 Å². The number of fused-ring (bicyclic) bond motifs is 2. The molecule has 3 heterocycles. The van der Waals surface area contributed by atoms with E-state index >= 15 is 0 Å². The van der Waals surface area contributed by atoms with E-state index in [0.717, 1.165) is 44.8 Å².